The summed E-state index contributed by atoms with van der Waals surface area (Å²) in [6, 6.07) is 0. The van der Waals surface area contributed by atoms with Crippen molar-refractivity contribution in [2.75, 3.05) is 40.6 Å². The van der Waals surface area contributed by atoms with Gasteiger partial charge in [0.15, 0.2) is 0 Å². The summed E-state index contributed by atoms with van der Waals surface area (Å²) in [7, 11) is 2.88. The summed E-state index contributed by atoms with van der Waals surface area (Å²) in [5.74, 6) is 0.976. The standard InChI is InChI=1S/C5H13NS.CH4O4S/c1-6(2,3)4-5-7;1-5-6(2,3)4/h4-5H2,1-3H3;1H3,(H,2,3,4). The summed E-state index contributed by atoms with van der Waals surface area (Å²) in [5, 5.41) is 0. The second-order valence-corrected chi connectivity index (χ2v) is 4.91. The van der Waals surface area contributed by atoms with E-state index in [9.17, 15) is 13.0 Å². The van der Waals surface area contributed by atoms with E-state index in [0.29, 0.717) is 0 Å². The Bertz CT molecular complexity index is 207. The van der Waals surface area contributed by atoms with Gasteiger partial charge in [-0.2, -0.15) is 12.6 Å². The van der Waals surface area contributed by atoms with Crippen LogP contribution in [-0.2, 0) is 14.6 Å². The van der Waals surface area contributed by atoms with Gasteiger partial charge >= 0.3 is 0 Å². The lowest BCUT2D eigenvalue weighted by Crippen LogP contribution is -2.36. The quantitative estimate of drug-likeness (QED) is 0.314. The maximum Gasteiger partial charge on any atom is 0.217 e. The molecule has 0 aliphatic heterocycles. The summed E-state index contributed by atoms with van der Waals surface area (Å²) >= 11 is 4.10. The highest BCUT2D eigenvalue weighted by Crippen LogP contribution is 1.88. The molecule has 0 N–H and O–H groups in total. The monoisotopic (exact) mass is 231 g/mol. The molecule has 13 heavy (non-hydrogen) atoms. The van der Waals surface area contributed by atoms with Crippen molar-refractivity contribution in [2.24, 2.45) is 0 Å². The fraction of sp³-hybridized carbons (Fsp3) is 1.00. The number of quaternary nitrogens is 1. The topological polar surface area (TPSA) is 66.4 Å². The third-order valence-corrected chi connectivity index (χ3v) is 1.58. The molecule has 5 nitrogen and oxygen atoms in total. The van der Waals surface area contributed by atoms with Crippen LogP contribution in [0.25, 0.3) is 0 Å². The average Bonchev–Trinajstić information content (AvgIpc) is 1.84. The molecule has 0 spiro atoms. The Labute approximate surface area is 85.6 Å². The average molecular weight is 231 g/mol. The maximum atomic E-state index is 9.22. The highest BCUT2D eigenvalue weighted by atomic mass is 32.3. The van der Waals surface area contributed by atoms with Crippen LogP contribution >= 0.6 is 12.6 Å². The predicted molar refractivity (Wildman–Crippen MR) is 53.5 cm³/mol. The number of thiol groups is 1. The molecule has 0 fully saturated rings. The van der Waals surface area contributed by atoms with Crippen molar-refractivity contribution < 1.29 is 21.6 Å². The molecule has 0 aliphatic carbocycles. The third-order valence-electron chi connectivity index (χ3n) is 0.975. The summed E-state index contributed by atoms with van der Waals surface area (Å²) < 4.78 is 32.0. The Morgan fingerprint density at radius 2 is 1.69 bits per heavy atom. The smallest absolute Gasteiger partial charge is 0.217 e. The van der Waals surface area contributed by atoms with Crippen LogP contribution in [0.1, 0.15) is 0 Å². The zero-order chi connectivity index (χ0) is 11.1. The van der Waals surface area contributed by atoms with Crippen molar-refractivity contribution in [2.45, 2.75) is 0 Å². The van der Waals surface area contributed by atoms with Gasteiger partial charge in [0.05, 0.1) is 34.8 Å². The molecule has 7 heteroatoms. The van der Waals surface area contributed by atoms with E-state index in [-0.39, 0.29) is 0 Å². The third kappa shape index (κ3) is 24.5. The Hall–Kier alpha value is 0.180. The maximum absolute atomic E-state index is 9.22. The molecule has 0 amide bonds. The van der Waals surface area contributed by atoms with Crippen molar-refractivity contribution in [3.63, 3.8) is 0 Å². The van der Waals surface area contributed by atoms with Crippen LogP contribution in [0.3, 0.4) is 0 Å². The fourth-order valence-corrected chi connectivity index (χ4v) is 0.900. The highest BCUT2D eigenvalue weighted by Gasteiger charge is 2.01. The van der Waals surface area contributed by atoms with Gasteiger partial charge in [0, 0.05) is 5.75 Å². The first-order valence-corrected chi connectivity index (χ1v) is 5.51. The van der Waals surface area contributed by atoms with E-state index in [1.165, 1.54) is 0 Å². The first-order chi connectivity index (χ1) is 5.62. The Balaban J connectivity index is 0. The minimum atomic E-state index is -4.41. The molecule has 0 atom stereocenters. The lowest BCUT2D eigenvalue weighted by molar-refractivity contribution is -0.867. The predicted octanol–water partition coefficient (Wildman–Crippen LogP) is -0.285. The van der Waals surface area contributed by atoms with Crippen molar-refractivity contribution in [3.05, 3.63) is 0 Å². The van der Waals surface area contributed by atoms with Gasteiger partial charge in [-0.1, -0.05) is 0 Å². The molecule has 0 aromatic carbocycles. The van der Waals surface area contributed by atoms with E-state index in [4.69, 9.17) is 0 Å². The van der Waals surface area contributed by atoms with Crippen LogP contribution in [0.15, 0.2) is 0 Å². The van der Waals surface area contributed by atoms with Crippen LogP contribution in [0, 0.1) is 0 Å². The van der Waals surface area contributed by atoms with Crippen LogP contribution in [0.5, 0.6) is 0 Å². The summed E-state index contributed by atoms with van der Waals surface area (Å²) in [6.45, 7) is 1.14. The first kappa shape index (κ1) is 15.6. The first-order valence-electron chi connectivity index (χ1n) is 3.55. The van der Waals surface area contributed by atoms with Crippen LogP contribution in [0.4, 0.5) is 0 Å². The lowest BCUT2D eigenvalue weighted by Gasteiger charge is -2.22. The molecule has 82 valence electrons. The summed E-state index contributed by atoms with van der Waals surface area (Å²) in [5.41, 5.74) is 0. The molecular weight excluding hydrogens is 214 g/mol. The zero-order valence-corrected chi connectivity index (χ0v) is 10.1. The molecule has 0 aliphatic rings. The van der Waals surface area contributed by atoms with Gasteiger partial charge in [-0.15, -0.1) is 0 Å². The van der Waals surface area contributed by atoms with E-state index in [1.54, 1.807) is 0 Å². The van der Waals surface area contributed by atoms with Gasteiger partial charge in [0.1, 0.15) is 0 Å². The minimum Gasteiger partial charge on any atom is -0.726 e. The molecule has 0 aromatic heterocycles. The van der Waals surface area contributed by atoms with Gasteiger partial charge in [0.25, 0.3) is 0 Å². The summed E-state index contributed by atoms with van der Waals surface area (Å²) in [6.07, 6.45) is 0. The number of rotatable bonds is 3. The van der Waals surface area contributed by atoms with Crippen LogP contribution in [0.2, 0.25) is 0 Å². The molecule has 0 aromatic rings. The lowest BCUT2D eigenvalue weighted by atomic mass is 10.6. The minimum absolute atomic E-state index is 0.808. The SMILES string of the molecule is COS(=O)(=O)[O-].C[N+](C)(C)CCS. The molecule has 0 saturated carbocycles. The number of nitrogens with zero attached hydrogens (tertiary/aromatic N) is 1. The van der Waals surface area contributed by atoms with Crippen LogP contribution < -0.4 is 0 Å². The van der Waals surface area contributed by atoms with E-state index in [0.717, 1.165) is 23.9 Å². The van der Waals surface area contributed by atoms with E-state index in [1.807, 2.05) is 0 Å². The Morgan fingerprint density at radius 1 is 1.38 bits per heavy atom. The molecule has 0 heterocycles. The van der Waals surface area contributed by atoms with Gasteiger partial charge < -0.3 is 9.04 Å². The van der Waals surface area contributed by atoms with Crippen LogP contribution in [-0.4, -0.2) is 58.0 Å². The van der Waals surface area contributed by atoms with Gasteiger partial charge in [-0.05, 0) is 0 Å². The molecular formula is C6H17NO4S2. The second-order valence-electron chi connectivity index (χ2n) is 3.31. The largest absolute Gasteiger partial charge is 0.726 e. The van der Waals surface area contributed by atoms with Crippen molar-refractivity contribution in [1.82, 2.24) is 0 Å². The number of hydrogen-bond acceptors (Lipinski definition) is 5. The Kier molecular flexibility index (Phi) is 7.95. The Morgan fingerprint density at radius 3 is 1.69 bits per heavy atom. The highest BCUT2D eigenvalue weighted by molar-refractivity contribution is 7.80. The fourth-order valence-electron chi connectivity index (χ4n) is 0.300. The van der Waals surface area contributed by atoms with Crippen molar-refractivity contribution >= 4 is 23.0 Å². The van der Waals surface area contributed by atoms with E-state index >= 15 is 0 Å². The van der Waals surface area contributed by atoms with Crippen molar-refractivity contribution in [1.29, 1.82) is 0 Å². The molecule has 0 saturated heterocycles. The molecule has 0 bridgehead atoms. The number of hydrogen-bond donors (Lipinski definition) is 1. The second kappa shape index (κ2) is 6.61. The van der Waals surface area contributed by atoms with Gasteiger partial charge in [-0.3, -0.25) is 4.18 Å². The van der Waals surface area contributed by atoms with E-state index < -0.39 is 10.4 Å². The summed E-state index contributed by atoms with van der Waals surface area (Å²) in [4.78, 5) is 0. The van der Waals surface area contributed by atoms with Crippen molar-refractivity contribution in [3.8, 4) is 0 Å². The van der Waals surface area contributed by atoms with Gasteiger partial charge in [-0.25, -0.2) is 8.42 Å². The normalized spacial score (nSPS) is 11.8. The molecule has 0 rings (SSSR count). The molecule has 0 unspecified atom stereocenters. The van der Waals surface area contributed by atoms with E-state index in [2.05, 4.69) is 38.0 Å². The van der Waals surface area contributed by atoms with Gasteiger partial charge in [0.2, 0.25) is 10.4 Å². The zero-order valence-electron chi connectivity index (χ0n) is 8.35. The molecule has 0 radical (unpaired) electrons.